The average molecular weight is 253 g/mol. The van der Waals surface area contributed by atoms with E-state index < -0.39 is 0 Å². The van der Waals surface area contributed by atoms with E-state index in [-0.39, 0.29) is 5.91 Å². The predicted molar refractivity (Wildman–Crippen MR) is 73.5 cm³/mol. The SMILES string of the molecule is CCN(CC)C(=O)CN(C)C1CC2CCC(C1)N2. The van der Waals surface area contributed by atoms with E-state index >= 15 is 0 Å². The Balaban J connectivity index is 1.84. The minimum Gasteiger partial charge on any atom is -0.342 e. The summed E-state index contributed by atoms with van der Waals surface area (Å²) in [6.45, 7) is 6.31. The second-order valence-corrected chi connectivity index (χ2v) is 5.74. The number of carbonyl (C=O) groups is 1. The summed E-state index contributed by atoms with van der Waals surface area (Å²) in [5.74, 6) is 0.272. The van der Waals surface area contributed by atoms with Crippen LogP contribution in [-0.2, 0) is 4.79 Å². The van der Waals surface area contributed by atoms with Crippen molar-refractivity contribution in [2.24, 2.45) is 0 Å². The molecule has 2 rings (SSSR count). The highest BCUT2D eigenvalue weighted by Gasteiger charge is 2.35. The fraction of sp³-hybridized carbons (Fsp3) is 0.929. The van der Waals surface area contributed by atoms with Crippen molar-refractivity contribution in [3.8, 4) is 0 Å². The molecule has 2 unspecified atom stereocenters. The van der Waals surface area contributed by atoms with Gasteiger partial charge < -0.3 is 10.2 Å². The molecule has 2 fully saturated rings. The molecule has 0 aromatic carbocycles. The highest BCUT2D eigenvalue weighted by atomic mass is 16.2. The third-order valence-electron chi connectivity index (χ3n) is 4.57. The van der Waals surface area contributed by atoms with Gasteiger partial charge in [0.25, 0.3) is 0 Å². The number of hydrogen-bond donors (Lipinski definition) is 1. The van der Waals surface area contributed by atoms with Crippen molar-refractivity contribution >= 4 is 5.91 Å². The van der Waals surface area contributed by atoms with E-state index in [9.17, 15) is 4.79 Å². The molecule has 2 heterocycles. The fourth-order valence-corrected chi connectivity index (χ4v) is 3.41. The van der Waals surface area contributed by atoms with Gasteiger partial charge >= 0.3 is 0 Å². The number of carbonyl (C=O) groups excluding carboxylic acids is 1. The zero-order chi connectivity index (χ0) is 13.1. The number of likely N-dealkylation sites (N-methyl/N-ethyl adjacent to an activating group) is 2. The summed E-state index contributed by atoms with van der Waals surface area (Å²) in [6.07, 6.45) is 5.05. The number of nitrogens with one attached hydrogen (secondary N) is 1. The lowest BCUT2D eigenvalue weighted by Gasteiger charge is -2.36. The van der Waals surface area contributed by atoms with Gasteiger partial charge in [0.2, 0.25) is 5.91 Å². The number of hydrogen-bond acceptors (Lipinski definition) is 3. The van der Waals surface area contributed by atoms with E-state index in [4.69, 9.17) is 0 Å². The van der Waals surface area contributed by atoms with Crippen molar-refractivity contribution in [2.45, 2.75) is 57.7 Å². The molecule has 2 atom stereocenters. The van der Waals surface area contributed by atoms with Gasteiger partial charge in [-0.25, -0.2) is 0 Å². The van der Waals surface area contributed by atoms with E-state index in [1.54, 1.807) is 0 Å². The molecule has 1 N–H and O–H groups in total. The van der Waals surface area contributed by atoms with Crippen molar-refractivity contribution in [3.05, 3.63) is 0 Å². The summed E-state index contributed by atoms with van der Waals surface area (Å²) < 4.78 is 0. The van der Waals surface area contributed by atoms with Crippen molar-refractivity contribution in [3.63, 3.8) is 0 Å². The van der Waals surface area contributed by atoms with Crippen molar-refractivity contribution < 1.29 is 4.79 Å². The van der Waals surface area contributed by atoms with Crippen LogP contribution in [0.3, 0.4) is 0 Å². The van der Waals surface area contributed by atoms with E-state index in [1.165, 1.54) is 25.7 Å². The molecular weight excluding hydrogens is 226 g/mol. The van der Waals surface area contributed by atoms with Gasteiger partial charge in [-0.05, 0) is 46.6 Å². The van der Waals surface area contributed by atoms with Gasteiger partial charge in [0.15, 0.2) is 0 Å². The Morgan fingerprint density at radius 1 is 1.17 bits per heavy atom. The lowest BCUT2D eigenvalue weighted by atomic mass is 9.98. The zero-order valence-corrected chi connectivity index (χ0v) is 12.0. The second-order valence-electron chi connectivity index (χ2n) is 5.74. The molecule has 0 aliphatic carbocycles. The molecule has 0 aromatic rings. The number of rotatable bonds is 5. The Morgan fingerprint density at radius 2 is 1.72 bits per heavy atom. The van der Waals surface area contributed by atoms with Gasteiger partial charge in [0.1, 0.15) is 0 Å². The Hall–Kier alpha value is -0.610. The molecule has 1 amide bonds. The molecule has 2 aliphatic heterocycles. The molecule has 2 saturated heterocycles. The van der Waals surface area contributed by atoms with Crippen LogP contribution in [0.2, 0.25) is 0 Å². The Bertz CT molecular complexity index is 279. The molecule has 0 radical (unpaired) electrons. The lowest BCUT2D eigenvalue weighted by molar-refractivity contribution is -0.132. The first kappa shape index (κ1) is 13.8. The highest BCUT2D eigenvalue weighted by Crippen LogP contribution is 2.29. The molecule has 2 bridgehead atoms. The minimum absolute atomic E-state index is 0.272. The molecule has 0 aromatic heterocycles. The van der Waals surface area contributed by atoms with E-state index in [1.807, 2.05) is 18.7 Å². The van der Waals surface area contributed by atoms with Crippen LogP contribution in [0, 0.1) is 0 Å². The Morgan fingerprint density at radius 3 is 2.22 bits per heavy atom. The van der Waals surface area contributed by atoms with Crippen LogP contribution in [0.1, 0.15) is 39.5 Å². The van der Waals surface area contributed by atoms with Crippen molar-refractivity contribution in [1.29, 1.82) is 0 Å². The molecule has 4 heteroatoms. The van der Waals surface area contributed by atoms with Gasteiger partial charge in [-0.2, -0.15) is 0 Å². The first-order valence-corrected chi connectivity index (χ1v) is 7.38. The standard InChI is InChI=1S/C14H27N3O/c1-4-17(5-2)14(18)10-16(3)13-8-11-6-7-12(9-13)15-11/h11-13,15H,4-10H2,1-3H3. The number of nitrogens with zero attached hydrogens (tertiary/aromatic N) is 2. The first-order chi connectivity index (χ1) is 8.63. The highest BCUT2D eigenvalue weighted by molar-refractivity contribution is 5.78. The van der Waals surface area contributed by atoms with Crippen LogP contribution in [0.15, 0.2) is 0 Å². The summed E-state index contributed by atoms with van der Waals surface area (Å²) in [5, 5.41) is 3.65. The van der Waals surface area contributed by atoms with Crippen LogP contribution < -0.4 is 5.32 Å². The second kappa shape index (κ2) is 6.02. The van der Waals surface area contributed by atoms with Crippen molar-refractivity contribution in [2.75, 3.05) is 26.7 Å². The molecule has 4 nitrogen and oxygen atoms in total. The summed E-state index contributed by atoms with van der Waals surface area (Å²) in [4.78, 5) is 16.3. The van der Waals surface area contributed by atoms with Crippen LogP contribution >= 0.6 is 0 Å². The topological polar surface area (TPSA) is 35.6 Å². The Kier molecular flexibility index (Phi) is 4.62. The molecule has 104 valence electrons. The summed E-state index contributed by atoms with van der Waals surface area (Å²) in [7, 11) is 2.11. The summed E-state index contributed by atoms with van der Waals surface area (Å²) in [6, 6.07) is 1.97. The average Bonchev–Trinajstić information content (AvgIpc) is 2.69. The predicted octanol–water partition coefficient (Wildman–Crippen LogP) is 1.07. The molecular formula is C14H27N3O. The summed E-state index contributed by atoms with van der Waals surface area (Å²) >= 11 is 0. The van der Waals surface area contributed by atoms with Gasteiger partial charge in [-0.3, -0.25) is 9.69 Å². The minimum atomic E-state index is 0.272. The quantitative estimate of drug-likeness (QED) is 0.796. The van der Waals surface area contributed by atoms with Crippen molar-refractivity contribution in [1.82, 2.24) is 15.1 Å². The fourth-order valence-electron chi connectivity index (χ4n) is 3.41. The zero-order valence-electron chi connectivity index (χ0n) is 12.0. The van der Waals surface area contributed by atoms with Gasteiger partial charge in [0.05, 0.1) is 6.54 Å². The van der Waals surface area contributed by atoms with E-state index in [2.05, 4.69) is 17.3 Å². The first-order valence-electron chi connectivity index (χ1n) is 7.38. The maximum absolute atomic E-state index is 12.1. The maximum Gasteiger partial charge on any atom is 0.236 e. The molecule has 0 spiro atoms. The monoisotopic (exact) mass is 253 g/mol. The lowest BCUT2D eigenvalue weighted by Crippen LogP contribution is -2.49. The third kappa shape index (κ3) is 3.04. The third-order valence-corrected chi connectivity index (χ3v) is 4.57. The maximum atomic E-state index is 12.1. The smallest absolute Gasteiger partial charge is 0.236 e. The molecule has 18 heavy (non-hydrogen) atoms. The number of amides is 1. The van der Waals surface area contributed by atoms with E-state index in [0.717, 1.165) is 13.1 Å². The van der Waals surface area contributed by atoms with Crippen LogP contribution in [0.4, 0.5) is 0 Å². The number of fused-ring (bicyclic) bond motifs is 2. The van der Waals surface area contributed by atoms with Crippen LogP contribution in [0.5, 0.6) is 0 Å². The normalized spacial score (nSPS) is 30.8. The van der Waals surface area contributed by atoms with Gasteiger partial charge in [-0.1, -0.05) is 0 Å². The molecule has 0 saturated carbocycles. The Labute approximate surface area is 111 Å². The van der Waals surface area contributed by atoms with Gasteiger partial charge in [-0.15, -0.1) is 0 Å². The number of piperidine rings is 1. The molecule has 2 aliphatic rings. The van der Waals surface area contributed by atoms with Crippen LogP contribution in [0.25, 0.3) is 0 Å². The largest absolute Gasteiger partial charge is 0.342 e. The van der Waals surface area contributed by atoms with E-state index in [0.29, 0.717) is 24.7 Å². The van der Waals surface area contributed by atoms with Crippen LogP contribution in [-0.4, -0.2) is 60.5 Å². The summed E-state index contributed by atoms with van der Waals surface area (Å²) in [5.41, 5.74) is 0. The van der Waals surface area contributed by atoms with Gasteiger partial charge in [0, 0.05) is 31.2 Å².